The second-order valence-corrected chi connectivity index (χ2v) is 6.53. The van der Waals surface area contributed by atoms with Crippen molar-refractivity contribution in [2.24, 2.45) is 11.8 Å². The van der Waals surface area contributed by atoms with Gasteiger partial charge in [-0.05, 0) is 30.7 Å². The van der Waals surface area contributed by atoms with E-state index < -0.39 is 0 Å². The molecule has 3 heteroatoms. The minimum atomic E-state index is 0.114. The van der Waals surface area contributed by atoms with Crippen molar-refractivity contribution in [3.8, 4) is 0 Å². The highest BCUT2D eigenvalue weighted by atomic mass is 16.2. The van der Waals surface area contributed by atoms with E-state index in [0.29, 0.717) is 18.0 Å². The molecule has 108 valence electrons. The Labute approximate surface area is 121 Å². The van der Waals surface area contributed by atoms with Crippen LogP contribution in [0, 0.1) is 11.8 Å². The molecule has 2 heterocycles. The highest BCUT2D eigenvalue weighted by Gasteiger charge is 2.43. The predicted octanol–water partition coefficient (Wildman–Crippen LogP) is 2.64. The van der Waals surface area contributed by atoms with Crippen LogP contribution in [-0.4, -0.2) is 18.0 Å². The molecular formula is C17H24N2O. The molecule has 0 aromatic heterocycles. The molecule has 0 spiro atoms. The van der Waals surface area contributed by atoms with E-state index in [4.69, 9.17) is 0 Å². The van der Waals surface area contributed by atoms with Gasteiger partial charge in [-0.15, -0.1) is 0 Å². The molecule has 1 amide bonds. The SMILES string of the molecule is CC(C)C(NC(=O)C1CC2CCC1N2)c1ccccc1. The van der Waals surface area contributed by atoms with Gasteiger partial charge in [0.25, 0.3) is 0 Å². The number of rotatable bonds is 4. The third kappa shape index (κ3) is 2.59. The van der Waals surface area contributed by atoms with Gasteiger partial charge in [0.2, 0.25) is 5.91 Å². The summed E-state index contributed by atoms with van der Waals surface area (Å²) in [5, 5.41) is 6.82. The zero-order valence-electron chi connectivity index (χ0n) is 12.3. The lowest BCUT2D eigenvalue weighted by atomic mass is 9.87. The predicted molar refractivity (Wildman–Crippen MR) is 80.2 cm³/mol. The van der Waals surface area contributed by atoms with E-state index in [9.17, 15) is 4.79 Å². The van der Waals surface area contributed by atoms with Crippen LogP contribution >= 0.6 is 0 Å². The standard InChI is InChI=1S/C17H24N2O/c1-11(2)16(12-6-4-3-5-7-12)19-17(20)14-10-13-8-9-15(14)18-13/h3-7,11,13-16,18H,8-10H2,1-2H3,(H,19,20). The first-order chi connectivity index (χ1) is 9.65. The van der Waals surface area contributed by atoms with E-state index in [-0.39, 0.29) is 17.9 Å². The molecule has 2 saturated heterocycles. The van der Waals surface area contributed by atoms with Gasteiger partial charge in [-0.2, -0.15) is 0 Å². The van der Waals surface area contributed by atoms with Gasteiger partial charge >= 0.3 is 0 Å². The average molecular weight is 272 g/mol. The molecule has 2 N–H and O–H groups in total. The summed E-state index contributed by atoms with van der Waals surface area (Å²) in [6, 6.07) is 11.4. The second-order valence-electron chi connectivity index (χ2n) is 6.53. The van der Waals surface area contributed by atoms with Crippen molar-refractivity contribution in [1.29, 1.82) is 0 Å². The summed E-state index contributed by atoms with van der Waals surface area (Å²) in [7, 11) is 0. The fourth-order valence-electron chi connectivity index (χ4n) is 3.67. The molecule has 20 heavy (non-hydrogen) atoms. The summed E-state index contributed by atoms with van der Waals surface area (Å²) < 4.78 is 0. The van der Waals surface area contributed by atoms with Crippen molar-refractivity contribution in [3.63, 3.8) is 0 Å². The Morgan fingerprint density at radius 3 is 2.55 bits per heavy atom. The van der Waals surface area contributed by atoms with Gasteiger partial charge in [0.05, 0.1) is 12.0 Å². The highest BCUT2D eigenvalue weighted by molar-refractivity contribution is 5.80. The summed E-state index contributed by atoms with van der Waals surface area (Å²) in [4.78, 5) is 12.6. The van der Waals surface area contributed by atoms with E-state index in [1.54, 1.807) is 0 Å². The number of amides is 1. The molecule has 2 bridgehead atoms. The normalized spacial score (nSPS) is 29.6. The maximum atomic E-state index is 12.6. The lowest BCUT2D eigenvalue weighted by Crippen LogP contribution is -2.40. The van der Waals surface area contributed by atoms with E-state index in [1.165, 1.54) is 12.0 Å². The van der Waals surface area contributed by atoms with Crippen molar-refractivity contribution in [2.45, 2.75) is 51.2 Å². The van der Waals surface area contributed by atoms with Crippen molar-refractivity contribution in [1.82, 2.24) is 10.6 Å². The summed E-state index contributed by atoms with van der Waals surface area (Å²) >= 11 is 0. The molecule has 3 rings (SSSR count). The smallest absolute Gasteiger partial charge is 0.225 e. The second kappa shape index (κ2) is 5.57. The van der Waals surface area contributed by atoms with Gasteiger partial charge < -0.3 is 10.6 Å². The van der Waals surface area contributed by atoms with Crippen LogP contribution in [0.5, 0.6) is 0 Å². The number of hydrogen-bond acceptors (Lipinski definition) is 2. The van der Waals surface area contributed by atoms with Crippen molar-refractivity contribution in [2.75, 3.05) is 0 Å². The van der Waals surface area contributed by atoms with Crippen LogP contribution in [0.2, 0.25) is 0 Å². The van der Waals surface area contributed by atoms with Gasteiger partial charge in [0, 0.05) is 12.1 Å². The fraction of sp³-hybridized carbons (Fsp3) is 0.588. The van der Waals surface area contributed by atoms with Crippen LogP contribution in [0.4, 0.5) is 0 Å². The summed E-state index contributed by atoms with van der Waals surface area (Å²) in [6.45, 7) is 4.33. The van der Waals surface area contributed by atoms with E-state index >= 15 is 0 Å². The molecular weight excluding hydrogens is 248 g/mol. The van der Waals surface area contributed by atoms with E-state index in [0.717, 1.165) is 12.8 Å². The largest absolute Gasteiger partial charge is 0.349 e. The zero-order valence-corrected chi connectivity index (χ0v) is 12.3. The average Bonchev–Trinajstić information content (AvgIpc) is 3.07. The van der Waals surface area contributed by atoms with Gasteiger partial charge in [0.1, 0.15) is 0 Å². The molecule has 1 aromatic rings. The fourth-order valence-corrected chi connectivity index (χ4v) is 3.67. The maximum Gasteiger partial charge on any atom is 0.225 e. The van der Waals surface area contributed by atoms with E-state index in [1.807, 2.05) is 18.2 Å². The minimum Gasteiger partial charge on any atom is -0.349 e. The number of fused-ring (bicyclic) bond motifs is 2. The number of benzene rings is 1. The topological polar surface area (TPSA) is 41.1 Å². The van der Waals surface area contributed by atoms with Gasteiger partial charge in [-0.25, -0.2) is 0 Å². The Bertz CT molecular complexity index is 471. The van der Waals surface area contributed by atoms with Gasteiger partial charge in [0.15, 0.2) is 0 Å². The van der Waals surface area contributed by atoms with Crippen LogP contribution in [0.3, 0.4) is 0 Å². The third-order valence-corrected chi connectivity index (χ3v) is 4.76. The molecule has 3 nitrogen and oxygen atoms in total. The Morgan fingerprint density at radius 1 is 1.25 bits per heavy atom. The molecule has 4 atom stereocenters. The lowest BCUT2D eigenvalue weighted by Gasteiger charge is -2.27. The number of nitrogens with one attached hydrogen (secondary N) is 2. The molecule has 1 aromatic carbocycles. The van der Waals surface area contributed by atoms with Crippen molar-refractivity contribution >= 4 is 5.91 Å². The first-order valence-electron chi connectivity index (χ1n) is 7.76. The molecule has 0 radical (unpaired) electrons. The van der Waals surface area contributed by atoms with Crippen molar-refractivity contribution in [3.05, 3.63) is 35.9 Å². The number of hydrogen-bond donors (Lipinski definition) is 2. The molecule has 2 aliphatic rings. The minimum absolute atomic E-state index is 0.114. The van der Waals surface area contributed by atoms with Crippen LogP contribution in [0.15, 0.2) is 30.3 Å². The van der Waals surface area contributed by atoms with Crippen LogP contribution < -0.4 is 10.6 Å². The van der Waals surface area contributed by atoms with Gasteiger partial charge in [-0.1, -0.05) is 44.2 Å². The molecule has 0 saturated carbocycles. The summed E-state index contributed by atoms with van der Waals surface area (Å²) in [6.07, 6.45) is 3.40. The van der Waals surface area contributed by atoms with Crippen molar-refractivity contribution < 1.29 is 4.79 Å². The molecule has 4 unspecified atom stereocenters. The van der Waals surface area contributed by atoms with Gasteiger partial charge in [-0.3, -0.25) is 4.79 Å². The quantitative estimate of drug-likeness (QED) is 0.884. The summed E-state index contributed by atoms with van der Waals surface area (Å²) in [5.41, 5.74) is 1.20. The number of carbonyl (C=O) groups excluding carboxylic acids is 1. The van der Waals surface area contributed by atoms with E-state index in [2.05, 4.69) is 36.6 Å². The van der Waals surface area contributed by atoms with Crippen LogP contribution in [0.25, 0.3) is 0 Å². The highest BCUT2D eigenvalue weighted by Crippen LogP contribution is 2.34. The van der Waals surface area contributed by atoms with Crippen LogP contribution in [0.1, 0.15) is 44.7 Å². The Kier molecular flexibility index (Phi) is 3.79. The monoisotopic (exact) mass is 272 g/mol. The molecule has 2 aliphatic heterocycles. The molecule has 0 aliphatic carbocycles. The first-order valence-corrected chi connectivity index (χ1v) is 7.76. The Hall–Kier alpha value is -1.35. The Balaban J connectivity index is 1.69. The zero-order chi connectivity index (χ0) is 14.1. The Morgan fingerprint density at radius 2 is 2.00 bits per heavy atom. The maximum absolute atomic E-state index is 12.6. The lowest BCUT2D eigenvalue weighted by molar-refractivity contribution is -0.126. The summed E-state index contributed by atoms with van der Waals surface area (Å²) in [5.74, 6) is 0.791. The third-order valence-electron chi connectivity index (χ3n) is 4.76. The molecule has 2 fully saturated rings. The number of carbonyl (C=O) groups is 1. The van der Waals surface area contributed by atoms with Crippen LogP contribution in [-0.2, 0) is 4.79 Å². The first kappa shape index (κ1) is 13.6.